The van der Waals surface area contributed by atoms with Gasteiger partial charge in [-0.25, -0.2) is 0 Å². The molecule has 0 atom stereocenters. The van der Waals surface area contributed by atoms with E-state index < -0.39 is 7.12 Å². The fourth-order valence-corrected chi connectivity index (χ4v) is 1.67. The van der Waals surface area contributed by atoms with Gasteiger partial charge < -0.3 is 15.0 Å². The van der Waals surface area contributed by atoms with E-state index in [1.807, 2.05) is 25.1 Å². The second-order valence-electron chi connectivity index (χ2n) is 4.07. The van der Waals surface area contributed by atoms with Gasteiger partial charge in [0, 0.05) is 12.2 Å². The number of hydrogen-bond donors (Lipinski definition) is 2. The normalized spacial score (nSPS) is 15.2. The lowest BCUT2D eigenvalue weighted by molar-refractivity contribution is 0.275. The van der Waals surface area contributed by atoms with E-state index in [4.69, 9.17) is 4.65 Å². The van der Waals surface area contributed by atoms with Crippen LogP contribution in [0.25, 0.3) is 0 Å². The maximum atomic E-state index is 9.57. The van der Waals surface area contributed by atoms with Crippen LogP contribution in [0.5, 0.6) is 0 Å². The molecule has 0 saturated heterocycles. The van der Waals surface area contributed by atoms with Crippen LogP contribution >= 0.6 is 0 Å². The van der Waals surface area contributed by atoms with Crippen molar-refractivity contribution in [1.29, 1.82) is 0 Å². The molecule has 0 bridgehead atoms. The number of benzene rings is 1. The second-order valence-corrected chi connectivity index (χ2v) is 4.07. The van der Waals surface area contributed by atoms with Crippen LogP contribution in [-0.4, -0.2) is 18.7 Å². The van der Waals surface area contributed by atoms with Crippen molar-refractivity contribution < 1.29 is 9.68 Å². The molecule has 0 aromatic heterocycles. The van der Waals surface area contributed by atoms with Crippen LogP contribution in [0.3, 0.4) is 0 Å². The minimum absolute atomic E-state index is 0.505. The van der Waals surface area contributed by atoms with Crippen molar-refractivity contribution in [2.45, 2.75) is 20.5 Å². The maximum absolute atomic E-state index is 9.57. The van der Waals surface area contributed by atoms with Gasteiger partial charge in [-0.3, -0.25) is 0 Å². The molecular weight excluding hydrogens is 201 g/mol. The summed E-state index contributed by atoms with van der Waals surface area (Å²) < 4.78 is 5.14. The van der Waals surface area contributed by atoms with E-state index in [1.54, 1.807) is 0 Å². The minimum atomic E-state index is -0.764. The first-order chi connectivity index (χ1) is 7.70. The molecule has 0 amide bonds. The van der Waals surface area contributed by atoms with Crippen molar-refractivity contribution in [2.75, 3.05) is 11.9 Å². The average Bonchev–Trinajstić information content (AvgIpc) is 2.68. The molecule has 1 aliphatic rings. The topological polar surface area (TPSA) is 41.5 Å². The molecule has 1 aromatic rings. The van der Waals surface area contributed by atoms with Crippen LogP contribution < -0.4 is 10.8 Å². The molecule has 2 N–H and O–H groups in total. The maximum Gasteiger partial charge on any atom is 0.491 e. The Kier molecular flexibility index (Phi) is 3.32. The molecule has 0 radical (unpaired) electrons. The lowest BCUT2D eigenvalue weighted by Crippen LogP contribution is -2.28. The van der Waals surface area contributed by atoms with E-state index in [-0.39, 0.29) is 0 Å². The summed E-state index contributed by atoms with van der Waals surface area (Å²) in [6.07, 6.45) is 2.08. The zero-order valence-electron chi connectivity index (χ0n) is 9.66. The Labute approximate surface area is 96.3 Å². The Bertz CT molecular complexity index is 417. The van der Waals surface area contributed by atoms with Crippen molar-refractivity contribution in [2.24, 2.45) is 0 Å². The molecule has 84 valence electrons. The van der Waals surface area contributed by atoms with Crippen LogP contribution in [0.1, 0.15) is 19.4 Å². The van der Waals surface area contributed by atoms with Crippen LogP contribution in [0.4, 0.5) is 5.69 Å². The van der Waals surface area contributed by atoms with E-state index >= 15 is 0 Å². The Morgan fingerprint density at radius 1 is 1.62 bits per heavy atom. The van der Waals surface area contributed by atoms with Crippen molar-refractivity contribution in [3.63, 3.8) is 0 Å². The van der Waals surface area contributed by atoms with Crippen LogP contribution in [-0.2, 0) is 11.3 Å². The molecule has 0 saturated carbocycles. The fourth-order valence-electron chi connectivity index (χ4n) is 1.67. The first kappa shape index (κ1) is 11.2. The summed E-state index contributed by atoms with van der Waals surface area (Å²) in [5.41, 5.74) is 4.26. The van der Waals surface area contributed by atoms with Gasteiger partial charge in [-0.2, -0.15) is 0 Å². The summed E-state index contributed by atoms with van der Waals surface area (Å²) in [4.78, 5) is 0. The Hall–Kier alpha value is -1.26. The highest BCUT2D eigenvalue weighted by Gasteiger charge is 2.27. The van der Waals surface area contributed by atoms with E-state index in [0.717, 1.165) is 23.3 Å². The number of fused-ring (bicyclic) bond motifs is 1. The van der Waals surface area contributed by atoms with Crippen molar-refractivity contribution in [1.82, 2.24) is 0 Å². The highest BCUT2D eigenvalue weighted by atomic mass is 16.5. The highest BCUT2D eigenvalue weighted by Crippen LogP contribution is 2.14. The van der Waals surface area contributed by atoms with E-state index in [1.165, 1.54) is 5.57 Å². The summed E-state index contributed by atoms with van der Waals surface area (Å²) in [5.74, 6) is 0. The highest BCUT2D eigenvalue weighted by molar-refractivity contribution is 6.61. The summed E-state index contributed by atoms with van der Waals surface area (Å²) in [5, 5.41) is 12.9. The zero-order valence-corrected chi connectivity index (χ0v) is 9.66. The van der Waals surface area contributed by atoms with Gasteiger partial charge in [0.1, 0.15) is 0 Å². The molecule has 0 aliphatic carbocycles. The third kappa shape index (κ3) is 2.28. The Morgan fingerprint density at radius 3 is 3.19 bits per heavy atom. The Balaban J connectivity index is 2.09. The molecule has 0 unspecified atom stereocenters. The van der Waals surface area contributed by atoms with Gasteiger partial charge in [0.05, 0.1) is 6.61 Å². The summed E-state index contributed by atoms with van der Waals surface area (Å²) >= 11 is 0. The van der Waals surface area contributed by atoms with Crippen molar-refractivity contribution >= 4 is 18.3 Å². The van der Waals surface area contributed by atoms with Gasteiger partial charge in [-0.05, 0) is 37.0 Å². The molecule has 1 aliphatic heterocycles. The smallest absolute Gasteiger partial charge is 0.423 e. The summed E-state index contributed by atoms with van der Waals surface area (Å²) in [6.45, 7) is 5.44. The summed E-state index contributed by atoms with van der Waals surface area (Å²) in [7, 11) is -0.764. The molecule has 16 heavy (non-hydrogen) atoms. The lowest BCUT2D eigenvalue weighted by atomic mass is 9.79. The predicted octanol–water partition coefficient (Wildman–Crippen LogP) is 1.28. The van der Waals surface area contributed by atoms with Gasteiger partial charge >= 0.3 is 7.12 Å². The van der Waals surface area contributed by atoms with Crippen molar-refractivity contribution in [3.8, 4) is 0 Å². The third-order valence-corrected chi connectivity index (χ3v) is 2.87. The van der Waals surface area contributed by atoms with E-state index in [0.29, 0.717) is 6.61 Å². The van der Waals surface area contributed by atoms with Gasteiger partial charge in [0.2, 0.25) is 0 Å². The molecule has 1 heterocycles. The lowest BCUT2D eigenvalue weighted by Gasteiger charge is -2.08. The fraction of sp³-hybridized carbons (Fsp3) is 0.333. The molecule has 1 aromatic carbocycles. The number of rotatable bonds is 3. The van der Waals surface area contributed by atoms with E-state index in [2.05, 4.69) is 18.3 Å². The quantitative estimate of drug-likeness (QED) is 0.592. The average molecular weight is 217 g/mol. The number of allylic oxidation sites excluding steroid dienone is 1. The molecule has 2 rings (SSSR count). The van der Waals surface area contributed by atoms with Gasteiger partial charge in [-0.1, -0.05) is 17.7 Å². The third-order valence-electron chi connectivity index (χ3n) is 2.87. The predicted molar refractivity (Wildman–Crippen MR) is 66.8 cm³/mol. The molecule has 0 spiro atoms. The first-order valence-corrected chi connectivity index (χ1v) is 5.49. The summed E-state index contributed by atoms with van der Waals surface area (Å²) in [6, 6.07) is 5.97. The number of nitrogens with one attached hydrogen (secondary N) is 1. The second kappa shape index (κ2) is 4.72. The molecule has 0 fully saturated rings. The van der Waals surface area contributed by atoms with Gasteiger partial charge in [0.15, 0.2) is 0 Å². The first-order valence-electron chi connectivity index (χ1n) is 5.49. The van der Waals surface area contributed by atoms with Gasteiger partial charge in [-0.15, -0.1) is 0 Å². The van der Waals surface area contributed by atoms with Crippen LogP contribution in [0.15, 0.2) is 29.8 Å². The molecular formula is C12H16BNO2. The monoisotopic (exact) mass is 217 g/mol. The Morgan fingerprint density at radius 2 is 2.44 bits per heavy atom. The minimum Gasteiger partial charge on any atom is -0.423 e. The zero-order chi connectivity index (χ0) is 11.5. The van der Waals surface area contributed by atoms with E-state index in [9.17, 15) is 5.02 Å². The van der Waals surface area contributed by atoms with Crippen LogP contribution in [0, 0.1) is 0 Å². The molecule has 4 heteroatoms. The largest absolute Gasteiger partial charge is 0.491 e. The van der Waals surface area contributed by atoms with Crippen LogP contribution in [0.2, 0.25) is 0 Å². The van der Waals surface area contributed by atoms with Crippen molar-refractivity contribution in [3.05, 3.63) is 35.4 Å². The number of hydrogen-bond acceptors (Lipinski definition) is 3. The molecule has 3 nitrogen and oxygen atoms in total. The number of anilines is 1. The SMILES string of the molecule is CC=C(C)CNc1ccc2c(c1)B(O)OC2. The standard InChI is InChI=1S/C12H16BNO2/c1-3-9(2)7-14-11-5-4-10-8-16-13(15)12(10)6-11/h3-6,14-15H,7-8H2,1-2H3. The van der Waals surface area contributed by atoms with Gasteiger partial charge in [0.25, 0.3) is 0 Å².